The Bertz CT molecular complexity index is 347. The molecule has 2 unspecified atom stereocenters. The summed E-state index contributed by atoms with van der Waals surface area (Å²) in [5, 5.41) is 9.28. The van der Waals surface area contributed by atoms with Gasteiger partial charge in [0.05, 0.1) is 13.2 Å². The van der Waals surface area contributed by atoms with Gasteiger partial charge in [0.25, 0.3) is 5.91 Å². The molecule has 2 amide bonds. The van der Waals surface area contributed by atoms with E-state index < -0.39 is 31.0 Å². The van der Waals surface area contributed by atoms with Crippen molar-refractivity contribution in [3.05, 3.63) is 0 Å². The first-order valence-corrected chi connectivity index (χ1v) is 7.98. The topological polar surface area (TPSA) is 111 Å². The molecule has 0 aromatic rings. The van der Waals surface area contributed by atoms with Crippen LogP contribution in [0.3, 0.4) is 0 Å². The number of nitrogens with zero attached hydrogens (tertiary/aromatic N) is 1. The summed E-state index contributed by atoms with van der Waals surface area (Å²) in [5.41, 5.74) is 4.94. The summed E-state index contributed by atoms with van der Waals surface area (Å²) in [5.74, 6) is -0.285. The fourth-order valence-electron chi connectivity index (χ4n) is 1.97. The molecule has 3 N–H and O–H groups in total. The van der Waals surface area contributed by atoms with E-state index in [9.17, 15) is 14.7 Å². The summed E-state index contributed by atoms with van der Waals surface area (Å²) >= 11 is 0. The second kappa shape index (κ2) is 12.1. The first-order valence-electron chi connectivity index (χ1n) is 7.98. The molecule has 8 nitrogen and oxygen atoms in total. The van der Waals surface area contributed by atoms with Crippen LogP contribution in [-0.2, 0) is 19.0 Å². The number of amides is 2. The fourth-order valence-corrected chi connectivity index (χ4v) is 1.97. The third-order valence-electron chi connectivity index (χ3n) is 3.31. The lowest BCUT2D eigenvalue weighted by molar-refractivity contribution is -0.165. The summed E-state index contributed by atoms with van der Waals surface area (Å²) in [6.45, 7) is 8.55. The first-order chi connectivity index (χ1) is 10.9. The smallest absolute Gasteiger partial charge is 0.405 e. The first kappa shape index (κ1) is 21.6. The average molecular weight is 334 g/mol. The van der Waals surface area contributed by atoms with E-state index in [0.29, 0.717) is 19.8 Å². The minimum atomic E-state index is -1.32. The van der Waals surface area contributed by atoms with Crippen molar-refractivity contribution >= 4 is 12.0 Å². The highest BCUT2D eigenvalue weighted by Gasteiger charge is 2.29. The number of aliphatic hydroxyl groups excluding tert-OH is 1. The average Bonchev–Trinajstić information content (AvgIpc) is 2.51. The molecule has 2 atom stereocenters. The van der Waals surface area contributed by atoms with E-state index in [4.69, 9.17) is 15.2 Å². The number of nitrogens with two attached hydrogens (primary N) is 1. The van der Waals surface area contributed by atoms with Crippen LogP contribution in [0.4, 0.5) is 4.79 Å². The molecule has 0 saturated carbocycles. The highest BCUT2D eigenvalue weighted by molar-refractivity contribution is 5.83. The van der Waals surface area contributed by atoms with E-state index in [0.717, 1.165) is 6.42 Å². The van der Waals surface area contributed by atoms with Gasteiger partial charge >= 0.3 is 6.09 Å². The lowest BCUT2D eigenvalue weighted by Crippen LogP contribution is -2.49. The molecule has 0 bridgehead atoms. The van der Waals surface area contributed by atoms with Gasteiger partial charge in [-0.3, -0.25) is 4.79 Å². The van der Waals surface area contributed by atoms with Crippen molar-refractivity contribution in [3.63, 3.8) is 0 Å². The molecule has 0 spiro atoms. The number of carbonyl (C=O) groups is 2. The minimum Gasteiger partial charge on any atom is -0.434 e. The van der Waals surface area contributed by atoms with E-state index in [1.807, 2.05) is 27.7 Å². The van der Waals surface area contributed by atoms with Crippen LogP contribution in [0.15, 0.2) is 0 Å². The molecule has 136 valence electrons. The molecule has 0 rings (SSSR count). The van der Waals surface area contributed by atoms with Crippen molar-refractivity contribution in [2.75, 3.05) is 32.9 Å². The summed E-state index contributed by atoms with van der Waals surface area (Å²) in [6.07, 6.45) is -2.13. The van der Waals surface area contributed by atoms with Crippen LogP contribution in [0, 0.1) is 5.92 Å². The SMILES string of the molecule is CCOC(CN(CC(C)CC)C(=O)C(CO)OC(N)=O)OCC. The predicted octanol–water partition coefficient (Wildman–Crippen LogP) is 0.716. The highest BCUT2D eigenvalue weighted by atomic mass is 16.7. The van der Waals surface area contributed by atoms with Crippen molar-refractivity contribution in [3.8, 4) is 0 Å². The van der Waals surface area contributed by atoms with Crippen molar-refractivity contribution in [1.29, 1.82) is 0 Å². The molecule has 8 heteroatoms. The van der Waals surface area contributed by atoms with E-state index in [-0.39, 0.29) is 12.5 Å². The van der Waals surface area contributed by atoms with E-state index in [1.165, 1.54) is 4.90 Å². The number of ether oxygens (including phenoxy) is 3. The Labute approximate surface area is 137 Å². The van der Waals surface area contributed by atoms with E-state index in [2.05, 4.69) is 4.74 Å². The molecular formula is C15H30N2O6. The number of carbonyl (C=O) groups excluding carboxylic acids is 2. The summed E-state index contributed by atoms with van der Waals surface area (Å²) in [4.78, 5) is 24.9. The Hall–Kier alpha value is -1.38. The molecule has 0 aliphatic rings. The van der Waals surface area contributed by atoms with E-state index >= 15 is 0 Å². The van der Waals surface area contributed by atoms with Gasteiger partial charge in [-0.15, -0.1) is 0 Å². The molecule has 0 aliphatic carbocycles. The number of rotatable bonds is 12. The lowest BCUT2D eigenvalue weighted by Gasteiger charge is -2.31. The largest absolute Gasteiger partial charge is 0.434 e. The van der Waals surface area contributed by atoms with Gasteiger partial charge in [-0.25, -0.2) is 4.79 Å². The maximum Gasteiger partial charge on any atom is 0.405 e. The van der Waals surface area contributed by atoms with Crippen LogP contribution in [0.5, 0.6) is 0 Å². The summed E-state index contributed by atoms with van der Waals surface area (Å²) in [7, 11) is 0. The zero-order chi connectivity index (χ0) is 17.8. The molecule has 0 heterocycles. The Morgan fingerprint density at radius 3 is 2.09 bits per heavy atom. The Balaban J connectivity index is 5.08. The molecule has 0 fully saturated rings. The molecule has 23 heavy (non-hydrogen) atoms. The molecule has 0 aromatic carbocycles. The third kappa shape index (κ3) is 8.73. The number of aliphatic hydroxyl groups is 1. The summed E-state index contributed by atoms with van der Waals surface area (Å²) in [6, 6.07) is 0. The van der Waals surface area contributed by atoms with Crippen LogP contribution in [0.25, 0.3) is 0 Å². The van der Waals surface area contributed by atoms with Gasteiger partial charge in [0.2, 0.25) is 6.10 Å². The Kier molecular flexibility index (Phi) is 11.4. The van der Waals surface area contributed by atoms with Crippen LogP contribution < -0.4 is 5.73 Å². The van der Waals surface area contributed by atoms with Crippen LogP contribution in [0.2, 0.25) is 0 Å². The Morgan fingerprint density at radius 2 is 1.70 bits per heavy atom. The van der Waals surface area contributed by atoms with Gasteiger partial charge in [-0.2, -0.15) is 0 Å². The van der Waals surface area contributed by atoms with Gasteiger partial charge in [0, 0.05) is 19.8 Å². The zero-order valence-corrected chi connectivity index (χ0v) is 14.5. The third-order valence-corrected chi connectivity index (χ3v) is 3.31. The van der Waals surface area contributed by atoms with Crippen molar-refractivity contribution in [1.82, 2.24) is 4.90 Å². The molecule has 0 saturated heterocycles. The fraction of sp³-hybridized carbons (Fsp3) is 0.867. The lowest BCUT2D eigenvalue weighted by atomic mass is 10.1. The quantitative estimate of drug-likeness (QED) is 0.509. The number of hydrogen-bond donors (Lipinski definition) is 2. The van der Waals surface area contributed by atoms with Gasteiger partial charge in [-0.1, -0.05) is 20.3 Å². The van der Waals surface area contributed by atoms with Gasteiger partial charge in [0.1, 0.15) is 0 Å². The molecule has 0 radical (unpaired) electrons. The monoisotopic (exact) mass is 334 g/mol. The maximum absolute atomic E-state index is 12.5. The van der Waals surface area contributed by atoms with Crippen LogP contribution in [-0.4, -0.2) is 67.3 Å². The minimum absolute atomic E-state index is 0.184. The number of hydrogen-bond acceptors (Lipinski definition) is 6. The summed E-state index contributed by atoms with van der Waals surface area (Å²) < 4.78 is 15.6. The standard InChI is InChI=1S/C15H30N2O6/c1-5-11(4)8-17(9-13(21-6-2)22-7-3)14(19)12(10-18)23-15(16)20/h11-13,18H,5-10H2,1-4H3,(H2,16,20). The van der Waals surface area contributed by atoms with Crippen molar-refractivity contribution < 1.29 is 28.9 Å². The second-order valence-electron chi connectivity index (χ2n) is 5.20. The highest BCUT2D eigenvalue weighted by Crippen LogP contribution is 2.10. The maximum atomic E-state index is 12.5. The van der Waals surface area contributed by atoms with Crippen LogP contribution >= 0.6 is 0 Å². The van der Waals surface area contributed by atoms with Crippen LogP contribution in [0.1, 0.15) is 34.1 Å². The van der Waals surface area contributed by atoms with Gasteiger partial charge in [0.15, 0.2) is 6.29 Å². The van der Waals surface area contributed by atoms with Gasteiger partial charge in [-0.05, 0) is 19.8 Å². The molecular weight excluding hydrogens is 304 g/mol. The number of primary amides is 1. The van der Waals surface area contributed by atoms with E-state index in [1.54, 1.807) is 0 Å². The normalized spacial score (nSPS) is 13.7. The van der Waals surface area contributed by atoms with Gasteiger partial charge < -0.3 is 30.0 Å². The zero-order valence-electron chi connectivity index (χ0n) is 14.5. The van der Waals surface area contributed by atoms with Crippen molar-refractivity contribution in [2.45, 2.75) is 46.5 Å². The molecule has 0 aliphatic heterocycles. The second-order valence-corrected chi connectivity index (χ2v) is 5.20. The van der Waals surface area contributed by atoms with Crippen molar-refractivity contribution in [2.24, 2.45) is 11.7 Å². The molecule has 0 aromatic heterocycles. The Morgan fingerprint density at radius 1 is 1.13 bits per heavy atom. The predicted molar refractivity (Wildman–Crippen MR) is 84.6 cm³/mol.